The Balaban J connectivity index is 0.981. The molecule has 9 aromatic rings. The maximum atomic E-state index is 2.50. The van der Waals surface area contributed by atoms with Gasteiger partial charge in [-0.1, -0.05) is 169 Å². The highest BCUT2D eigenvalue weighted by Crippen LogP contribution is 2.56. The summed E-state index contributed by atoms with van der Waals surface area (Å²) in [5, 5.41) is 0. The van der Waals surface area contributed by atoms with Crippen LogP contribution in [0.4, 0.5) is 17.1 Å². The smallest absolute Gasteiger partial charge is 0.0503 e. The highest BCUT2D eigenvalue weighted by atomic mass is 32.1. The van der Waals surface area contributed by atoms with E-state index in [0.717, 1.165) is 5.69 Å². The maximum absolute atomic E-state index is 2.50. The molecule has 0 bridgehead atoms. The molecule has 2 heterocycles. The van der Waals surface area contributed by atoms with E-state index in [9.17, 15) is 0 Å². The second kappa shape index (κ2) is 13.6. The predicted octanol–water partition coefficient (Wildman–Crippen LogP) is 17.1. The summed E-state index contributed by atoms with van der Waals surface area (Å²) >= 11 is 1.85. The lowest BCUT2D eigenvalue weighted by atomic mass is 9.72. The molecule has 0 unspecified atom stereocenters. The van der Waals surface area contributed by atoms with Crippen molar-refractivity contribution in [3.05, 3.63) is 221 Å². The Morgan fingerprint density at radius 1 is 0.302 bits per heavy atom. The van der Waals surface area contributed by atoms with E-state index in [2.05, 4.69) is 234 Å². The van der Waals surface area contributed by atoms with E-state index in [1.165, 1.54) is 110 Å². The van der Waals surface area contributed by atoms with Crippen LogP contribution in [0.1, 0.15) is 74.9 Å². The number of anilines is 3. The van der Waals surface area contributed by atoms with Gasteiger partial charge in [0, 0.05) is 31.7 Å². The molecule has 304 valence electrons. The number of benzene rings is 8. The van der Waals surface area contributed by atoms with Crippen LogP contribution in [0.15, 0.2) is 188 Å². The Labute approximate surface area is 376 Å². The van der Waals surface area contributed by atoms with Crippen molar-refractivity contribution in [1.82, 2.24) is 0 Å². The Bertz CT molecular complexity index is 3140. The van der Waals surface area contributed by atoms with Gasteiger partial charge < -0.3 is 4.90 Å². The van der Waals surface area contributed by atoms with Crippen LogP contribution in [0, 0.1) is 0 Å². The van der Waals surface area contributed by atoms with Crippen molar-refractivity contribution in [2.45, 2.75) is 57.8 Å². The highest BCUT2D eigenvalue weighted by Gasteiger charge is 2.40. The van der Waals surface area contributed by atoms with Gasteiger partial charge in [0.05, 0.1) is 11.4 Å². The summed E-state index contributed by atoms with van der Waals surface area (Å²) in [4.78, 5) is 5.06. The minimum atomic E-state index is -0.281. The number of rotatable bonds is 5. The van der Waals surface area contributed by atoms with Gasteiger partial charge in [0.1, 0.15) is 0 Å². The van der Waals surface area contributed by atoms with Gasteiger partial charge in [-0.2, -0.15) is 0 Å². The molecular formula is C61H49NS. The molecule has 1 aliphatic heterocycles. The second-order valence-corrected chi connectivity index (χ2v) is 20.4. The minimum absolute atomic E-state index is 0.0600. The van der Waals surface area contributed by atoms with Crippen LogP contribution in [0.3, 0.4) is 0 Å². The van der Waals surface area contributed by atoms with Gasteiger partial charge in [-0.3, -0.25) is 0 Å². The first-order valence-electron chi connectivity index (χ1n) is 22.3. The van der Waals surface area contributed by atoms with Crippen molar-refractivity contribution >= 4 is 28.4 Å². The van der Waals surface area contributed by atoms with Crippen molar-refractivity contribution in [1.29, 1.82) is 0 Å². The van der Waals surface area contributed by atoms with E-state index in [1.54, 1.807) is 0 Å². The van der Waals surface area contributed by atoms with E-state index in [-0.39, 0.29) is 16.2 Å². The normalized spacial score (nSPS) is 15.5. The summed E-state index contributed by atoms with van der Waals surface area (Å²) in [6, 6.07) is 70.9. The number of hydrogen-bond acceptors (Lipinski definition) is 2. The first kappa shape index (κ1) is 38.0. The molecule has 0 amide bonds. The van der Waals surface area contributed by atoms with E-state index in [1.807, 2.05) is 11.3 Å². The van der Waals surface area contributed by atoms with Crippen molar-refractivity contribution in [3.8, 4) is 65.4 Å². The molecule has 3 aliphatic rings. The zero-order chi connectivity index (χ0) is 42.8. The molecule has 0 radical (unpaired) electrons. The molecule has 1 aromatic heterocycles. The number of fused-ring (bicyclic) bond motifs is 8. The maximum Gasteiger partial charge on any atom is 0.0503 e. The van der Waals surface area contributed by atoms with Gasteiger partial charge in [-0.05, 0) is 150 Å². The van der Waals surface area contributed by atoms with E-state index >= 15 is 0 Å². The molecule has 12 rings (SSSR count). The molecule has 8 aromatic carbocycles. The third-order valence-electron chi connectivity index (χ3n) is 14.7. The zero-order valence-corrected chi connectivity index (χ0v) is 37.6. The molecule has 0 spiro atoms. The van der Waals surface area contributed by atoms with Crippen molar-refractivity contribution in [2.75, 3.05) is 4.90 Å². The topological polar surface area (TPSA) is 3.24 Å². The van der Waals surface area contributed by atoms with Crippen LogP contribution in [0.5, 0.6) is 0 Å². The van der Waals surface area contributed by atoms with Crippen LogP contribution in [0.2, 0.25) is 0 Å². The molecular weight excluding hydrogens is 779 g/mol. The van der Waals surface area contributed by atoms with Gasteiger partial charge in [-0.15, -0.1) is 11.3 Å². The molecule has 2 aliphatic carbocycles. The first-order chi connectivity index (χ1) is 30.5. The van der Waals surface area contributed by atoms with Crippen LogP contribution < -0.4 is 4.90 Å². The molecule has 63 heavy (non-hydrogen) atoms. The molecule has 0 saturated heterocycles. The van der Waals surface area contributed by atoms with Gasteiger partial charge >= 0.3 is 0 Å². The second-order valence-electron chi connectivity index (χ2n) is 19.4. The largest absolute Gasteiger partial charge is 0.310 e. The lowest BCUT2D eigenvalue weighted by Gasteiger charge is -2.42. The Hall–Kier alpha value is -6.74. The van der Waals surface area contributed by atoms with Crippen LogP contribution in [-0.2, 0) is 16.2 Å². The monoisotopic (exact) mass is 827 g/mol. The third-order valence-corrected chi connectivity index (χ3v) is 15.9. The first-order valence-corrected chi connectivity index (χ1v) is 23.1. The fourth-order valence-electron chi connectivity index (χ4n) is 11.2. The summed E-state index contributed by atoms with van der Waals surface area (Å²) in [5.74, 6) is 0. The van der Waals surface area contributed by atoms with Gasteiger partial charge in [0.2, 0.25) is 0 Å². The Kier molecular flexibility index (Phi) is 8.22. The number of nitrogens with zero attached hydrogens (tertiary/aromatic N) is 1. The molecule has 0 atom stereocenters. The van der Waals surface area contributed by atoms with Gasteiger partial charge in [0.15, 0.2) is 0 Å². The Morgan fingerprint density at radius 2 is 0.667 bits per heavy atom. The lowest BCUT2D eigenvalue weighted by molar-refractivity contribution is 0.632. The average molecular weight is 828 g/mol. The van der Waals surface area contributed by atoms with Crippen molar-refractivity contribution < 1.29 is 0 Å². The fraction of sp³-hybridized carbons (Fsp3) is 0.148. The zero-order valence-electron chi connectivity index (χ0n) is 36.8. The molecule has 1 nitrogen and oxygen atoms in total. The SMILES string of the molecule is CC1(C)c2ccccc2-c2ccc(-c3ccc4c(c3)C(C)(C)c3cc(-c5ccc6c(c5)C(C)(C)c5ccccc5-6)ccc3N4c3ccc(-c4ccc(-c5ccccc5)s4)cc3)cc21. The van der Waals surface area contributed by atoms with Crippen molar-refractivity contribution in [3.63, 3.8) is 0 Å². The summed E-state index contributed by atoms with van der Waals surface area (Å²) < 4.78 is 0. The van der Waals surface area contributed by atoms with Crippen molar-refractivity contribution in [2.24, 2.45) is 0 Å². The van der Waals surface area contributed by atoms with E-state index in [4.69, 9.17) is 0 Å². The quantitative estimate of drug-likeness (QED) is 0.167. The lowest BCUT2D eigenvalue weighted by Crippen LogP contribution is -2.30. The molecule has 2 heteroatoms. The summed E-state index contributed by atoms with van der Waals surface area (Å²) in [5.41, 5.74) is 24.4. The minimum Gasteiger partial charge on any atom is -0.310 e. The summed E-state index contributed by atoms with van der Waals surface area (Å²) in [7, 11) is 0. The Morgan fingerprint density at radius 3 is 1.16 bits per heavy atom. The van der Waals surface area contributed by atoms with Crippen LogP contribution in [-0.4, -0.2) is 0 Å². The summed E-state index contributed by atoms with van der Waals surface area (Å²) in [6.07, 6.45) is 0. The average Bonchev–Trinajstić information content (AvgIpc) is 3.97. The number of hydrogen-bond donors (Lipinski definition) is 0. The predicted molar refractivity (Wildman–Crippen MR) is 268 cm³/mol. The molecule has 0 saturated carbocycles. The highest BCUT2D eigenvalue weighted by molar-refractivity contribution is 7.18. The molecule has 0 N–H and O–H groups in total. The summed E-state index contributed by atoms with van der Waals surface area (Å²) in [6.45, 7) is 14.3. The molecule has 0 fully saturated rings. The third kappa shape index (κ3) is 5.67. The van der Waals surface area contributed by atoms with E-state index < -0.39 is 0 Å². The number of thiophene rings is 1. The standard InChI is InChI=1S/C61H49NS/c1-59(2)49-18-12-10-16-45(49)47-28-22-40(34-51(47)59)42-24-30-55-53(36-42)61(5,6)54-37-43(41-23-29-48-46-17-11-13-19-50(46)60(3,4)52(48)35-41)25-31-56(54)62(55)44-26-20-39(21-27-44)58-33-32-57(63-58)38-14-8-7-9-15-38/h7-37H,1-6H3. The van der Waals surface area contributed by atoms with Gasteiger partial charge in [-0.25, -0.2) is 0 Å². The van der Waals surface area contributed by atoms with Crippen LogP contribution >= 0.6 is 11.3 Å². The van der Waals surface area contributed by atoms with E-state index in [0.29, 0.717) is 0 Å². The fourth-order valence-corrected chi connectivity index (χ4v) is 12.2. The van der Waals surface area contributed by atoms with Gasteiger partial charge in [0.25, 0.3) is 0 Å². The van der Waals surface area contributed by atoms with Crippen LogP contribution in [0.25, 0.3) is 65.4 Å².